The Hall–Kier alpha value is -4.12. The third-order valence-electron chi connectivity index (χ3n) is 5.11. The van der Waals surface area contributed by atoms with Crippen LogP contribution in [-0.4, -0.2) is 25.3 Å². The Bertz CT molecular complexity index is 1260. The SMILES string of the molecule is COc1cccc(Oc2ccccc2CC(=O)CNC(=O)c2cccc3ccccc23)c1. The van der Waals surface area contributed by atoms with Crippen LogP contribution in [0.4, 0.5) is 0 Å². The molecule has 0 saturated carbocycles. The summed E-state index contributed by atoms with van der Waals surface area (Å²) < 4.78 is 11.2. The van der Waals surface area contributed by atoms with E-state index in [0.717, 1.165) is 16.3 Å². The quantitative estimate of drug-likeness (QED) is 0.422. The Kier molecular flexibility index (Phi) is 6.46. The number of carbonyl (C=O) groups excluding carboxylic acids is 2. The maximum absolute atomic E-state index is 12.7. The smallest absolute Gasteiger partial charge is 0.252 e. The van der Waals surface area contributed by atoms with Gasteiger partial charge in [0.1, 0.15) is 17.2 Å². The van der Waals surface area contributed by atoms with Gasteiger partial charge in [0.05, 0.1) is 13.7 Å². The zero-order valence-electron chi connectivity index (χ0n) is 17.7. The second kappa shape index (κ2) is 9.79. The molecule has 5 heteroatoms. The highest BCUT2D eigenvalue weighted by Crippen LogP contribution is 2.28. The molecule has 0 heterocycles. The van der Waals surface area contributed by atoms with Gasteiger partial charge in [0.15, 0.2) is 5.78 Å². The molecular formula is C27H23NO4. The van der Waals surface area contributed by atoms with Crippen molar-refractivity contribution in [3.05, 3.63) is 102 Å². The first-order chi connectivity index (χ1) is 15.6. The minimum Gasteiger partial charge on any atom is -0.497 e. The first-order valence-corrected chi connectivity index (χ1v) is 10.3. The van der Waals surface area contributed by atoms with Gasteiger partial charge in [-0.3, -0.25) is 9.59 Å². The lowest BCUT2D eigenvalue weighted by Gasteiger charge is -2.12. The molecule has 0 aromatic heterocycles. The number of benzene rings is 4. The second-order valence-electron chi connectivity index (χ2n) is 7.31. The molecule has 4 rings (SSSR count). The molecule has 0 unspecified atom stereocenters. The molecule has 1 N–H and O–H groups in total. The lowest BCUT2D eigenvalue weighted by Crippen LogP contribution is -2.30. The monoisotopic (exact) mass is 425 g/mol. The van der Waals surface area contributed by atoms with E-state index in [9.17, 15) is 9.59 Å². The molecule has 4 aromatic rings. The van der Waals surface area contributed by atoms with E-state index in [1.165, 1.54) is 0 Å². The first-order valence-electron chi connectivity index (χ1n) is 10.3. The van der Waals surface area contributed by atoms with Crippen LogP contribution in [0.3, 0.4) is 0 Å². The maximum atomic E-state index is 12.7. The lowest BCUT2D eigenvalue weighted by molar-refractivity contribution is -0.117. The number of methoxy groups -OCH3 is 1. The third kappa shape index (κ3) is 4.95. The van der Waals surface area contributed by atoms with Gasteiger partial charge in [-0.1, -0.05) is 60.7 Å². The summed E-state index contributed by atoms with van der Waals surface area (Å²) in [7, 11) is 1.60. The second-order valence-corrected chi connectivity index (χ2v) is 7.31. The van der Waals surface area contributed by atoms with Crippen LogP contribution in [0.2, 0.25) is 0 Å². The molecule has 0 bridgehead atoms. The fourth-order valence-corrected chi connectivity index (χ4v) is 3.51. The summed E-state index contributed by atoms with van der Waals surface area (Å²) in [6.45, 7) is -0.0600. The summed E-state index contributed by atoms with van der Waals surface area (Å²) in [5.74, 6) is 1.52. The molecule has 0 radical (unpaired) electrons. The largest absolute Gasteiger partial charge is 0.497 e. The van der Waals surface area contributed by atoms with Crippen LogP contribution in [0.1, 0.15) is 15.9 Å². The average molecular weight is 425 g/mol. The van der Waals surface area contributed by atoms with E-state index in [-0.39, 0.29) is 24.7 Å². The Morgan fingerprint density at radius 1 is 0.812 bits per heavy atom. The number of hydrogen-bond acceptors (Lipinski definition) is 4. The molecule has 0 spiro atoms. The number of rotatable bonds is 8. The van der Waals surface area contributed by atoms with Crippen molar-refractivity contribution in [2.24, 2.45) is 0 Å². The van der Waals surface area contributed by atoms with Crippen molar-refractivity contribution in [2.45, 2.75) is 6.42 Å². The van der Waals surface area contributed by atoms with E-state index >= 15 is 0 Å². The van der Waals surface area contributed by atoms with Gasteiger partial charge in [-0.15, -0.1) is 0 Å². The highest BCUT2D eigenvalue weighted by molar-refractivity contribution is 6.07. The van der Waals surface area contributed by atoms with Crippen LogP contribution in [0, 0.1) is 0 Å². The number of para-hydroxylation sites is 1. The van der Waals surface area contributed by atoms with Gasteiger partial charge in [-0.2, -0.15) is 0 Å². The Labute approximate surface area is 186 Å². The summed E-state index contributed by atoms with van der Waals surface area (Å²) in [5, 5.41) is 4.59. The Balaban J connectivity index is 1.42. The lowest BCUT2D eigenvalue weighted by atomic mass is 10.0. The van der Waals surface area contributed by atoms with Gasteiger partial charge in [0.25, 0.3) is 5.91 Å². The van der Waals surface area contributed by atoms with Crippen LogP contribution < -0.4 is 14.8 Å². The fourth-order valence-electron chi connectivity index (χ4n) is 3.51. The molecule has 0 saturated heterocycles. The van der Waals surface area contributed by atoms with E-state index < -0.39 is 0 Å². The summed E-state index contributed by atoms with van der Waals surface area (Å²) >= 11 is 0. The maximum Gasteiger partial charge on any atom is 0.252 e. The topological polar surface area (TPSA) is 64.6 Å². The van der Waals surface area contributed by atoms with Crippen molar-refractivity contribution in [1.82, 2.24) is 5.32 Å². The van der Waals surface area contributed by atoms with E-state index in [0.29, 0.717) is 22.8 Å². The van der Waals surface area contributed by atoms with Crippen LogP contribution in [0.25, 0.3) is 10.8 Å². The van der Waals surface area contributed by atoms with Crippen LogP contribution in [-0.2, 0) is 11.2 Å². The number of carbonyl (C=O) groups is 2. The highest BCUT2D eigenvalue weighted by Gasteiger charge is 2.14. The average Bonchev–Trinajstić information content (AvgIpc) is 2.83. The molecule has 0 aliphatic carbocycles. The normalized spacial score (nSPS) is 10.5. The molecule has 160 valence electrons. The Morgan fingerprint density at radius 2 is 1.53 bits per heavy atom. The molecular weight excluding hydrogens is 402 g/mol. The molecule has 1 amide bonds. The predicted octanol–water partition coefficient (Wildman–Crippen LogP) is 5.18. The van der Waals surface area contributed by atoms with Gasteiger partial charge in [-0.25, -0.2) is 0 Å². The minimum absolute atomic E-state index is 0.0600. The zero-order valence-corrected chi connectivity index (χ0v) is 17.7. The third-order valence-corrected chi connectivity index (χ3v) is 5.11. The van der Waals surface area contributed by atoms with Gasteiger partial charge >= 0.3 is 0 Å². The first kappa shape index (κ1) is 21.1. The van der Waals surface area contributed by atoms with Crippen molar-refractivity contribution in [1.29, 1.82) is 0 Å². The van der Waals surface area contributed by atoms with Gasteiger partial charge in [0, 0.05) is 23.6 Å². The van der Waals surface area contributed by atoms with Crippen molar-refractivity contribution in [2.75, 3.05) is 13.7 Å². The van der Waals surface area contributed by atoms with Crippen LogP contribution in [0.15, 0.2) is 91.0 Å². The number of nitrogens with one attached hydrogen (secondary N) is 1. The van der Waals surface area contributed by atoms with Gasteiger partial charge < -0.3 is 14.8 Å². The molecule has 32 heavy (non-hydrogen) atoms. The fraction of sp³-hybridized carbons (Fsp3) is 0.111. The van der Waals surface area contributed by atoms with E-state index in [2.05, 4.69) is 5.32 Å². The summed E-state index contributed by atoms with van der Waals surface area (Å²) in [6, 6.07) is 27.9. The molecule has 4 aromatic carbocycles. The molecule has 0 aliphatic heterocycles. The van der Waals surface area contributed by atoms with Gasteiger partial charge in [0.2, 0.25) is 0 Å². The highest BCUT2D eigenvalue weighted by atomic mass is 16.5. The van der Waals surface area contributed by atoms with E-state index in [1.54, 1.807) is 19.2 Å². The standard InChI is InChI=1S/C27H23NO4/c1-31-22-11-7-12-23(17-22)32-26-15-5-3-9-20(26)16-21(29)18-28-27(30)25-14-6-10-19-8-2-4-13-24(19)25/h2-15,17H,16,18H2,1H3,(H,28,30). The van der Waals surface area contributed by atoms with E-state index in [1.807, 2.05) is 78.9 Å². The van der Waals surface area contributed by atoms with E-state index in [4.69, 9.17) is 9.47 Å². The number of hydrogen-bond donors (Lipinski definition) is 1. The van der Waals surface area contributed by atoms with Crippen molar-refractivity contribution in [3.63, 3.8) is 0 Å². The number of ether oxygens (including phenoxy) is 2. The van der Waals surface area contributed by atoms with Gasteiger partial charge in [-0.05, 0) is 35.0 Å². The zero-order chi connectivity index (χ0) is 22.3. The number of ketones is 1. The number of Topliss-reactive ketones (excluding diaryl/α,β-unsaturated/α-hetero) is 1. The summed E-state index contributed by atoms with van der Waals surface area (Å²) in [6.07, 6.45) is 0.149. The predicted molar refractivity (Wildman–Crippen MR) is 125 cm³/mol. The van der Waals surface area contributed by atoms with Crippen LogP contribution >= 0.6 is 0 Å². The molecule has 5 nitrogen and oxygen atoms in total. The molecule has 0 aliphatic rings. The molecule has 0 atom stereocenters. The van der Waals surface area contributed by atoms with Crippen LogP contribution in [0.5, 0.6) is 17.2 Å². The molecule has 0 fully saturated rings. The minimum atomic E-state index is -0.268. The van der Waals surface area contributed by atoms with Crippen molar-refractivity contribution in [3.8, 4) is 17.2 Å². The Morgan fingerprint density at radius 3 is 2.41 bits per heavy atom. The number of fused-ring (bicyclic) bond motifs is 1. The summed E-state index contributed by atoms with van der Waals surface area (Å²) in [4.78, 5) is 25.3. The van der Waals surface area contributed by atoms with Crippen molar-refractivity contribution < 1.29 is 19.1 Å². The summed E-state index contributed by atoms with van der Waals surface area (Å²) in [5.41, 5.74) is 1.30. The van der Waals surface area contributed by atoms with Crippen molar-refractivity contribution >= 4 is 22.5 Å². The number of amides is 1.